The predicted octanol–water partition coefficient (Wildman–Crippen LogP) is 3.90. The van der Waals surface area contributed by atoms with Crippen molar-refractivity contribution in [2.45, 2.75) is 38.3 Å². The van der Waals surface area contributed by atoms with Gasteiger partial charge < -0.3 is 4.74 Å². The van der Waals surface area contributed by atoms with Gasteiger partial charge in [0.2, 0.25) is 6.54 Å². The van der Waals surface area contributed by atoms with E-state index >= 15 is 0 Å². The molecule has 2 atom stereocenters. The lowest BCUT2D eigenvalue weighted by atomic mass is 9.89. The summed E-state index contributed by atoms with van der Waals surface area (Å²) in [6, 6.07) is 12.5. The smallest absolute Gasteiger partial charge is 0.417 e. The van der Waals surface area contributed by atoms with Gasteiger partial charge in [-0.15, -0.1) is 0 Å². The van der Waals surface area contributed by atoms with Gasteiger partial charge in [0, 0.05) is 11.0 Å². The molecule has 3 rings (SSSR count). The zero-order chi connectivity index (χ0) is 20.5. The lowest BCUT2D eigenvalue weighted by Gasteiger charge is -2.30. The summed E-state index contributed by atoms with van der Waals surface area (Å²) in [6.45, 7) is 4.68. The van der Waals surface area contributed by atoms with Crippen LogP contribution in [0.5, 0.6) is 0 Å². The second-order valence-electron chi connectivity index (χ2n) is 7.77. The molecule has 0 N–H and O–H groups in total. The van der Waals surface area contributed by atoms with Gasteiger partial charge in [0.25, 0.3) is 5.91 Å². The lowest BCUT2D eigenvalue weighted by molar-refractivity contribution is -0.484. The zero-order valence-corrected chi connectivity index (χ0v) is 16.0. The van der Waals surface area contributed by atoms with Gasteiger partial charge >= 0.3 is 6.09 Å². The molecular formula is C21H22N2O5. The van der Waals surface area contributed by atoms with Crippen molar-refractivity contribution in [3.63, 3.8) is 0 Å². The standard InChI is InChI=1S/C21H22N2O5/c1-21(2,3)28-20(25)23-18(10-11-19(23)24)17(13-22(26)27)16-9-8-14-6-4-5-7-15(14)12-16/h4-12,17-18H,13H2,1-3H3/t17-,18+/m0/s1. The Kier molecular flexibility index (Phi) is 5.18. The first kappa shape index (κ1) is 19.5. The Bertz CT molecular complexity index is 961. The molecule has 2 amide bonds. The Morgan fingerprint density at radius 1 is 1.21 bits per heavy atom. The van der Waals surface area contributed by atoms with Crippen molar-refractivity contribution >= 4 is 22.8 Å². The minimum absolute atomic E-state index is 0.417. The zero-order valence-electron chi connectivity index (χ0n) is 16.0. The number of hydrogen-bond donors (Lipinski definition) is 0. The van der Waals surface area contributed by atoms with Crippen LogP contribution in [0.3, 0.4) is 0 Å². The molecule has 0 fully saturated rings. The first-order valence-corrected chi connectivity index (χ1v) is 9.00. The van der Waals surface area contributed by atoms with Gasteiger partial charge in [0.15, 0.2) is 0 Å². The van der Waals surface area contributed by atoms with E-state index in [1.807, 2.05) is 36.4 Å². The fourth-order valence-electron chi connectivity index (χ4n) is 3.34. The monoisotopic (exact) mass is 382 g/mol. The van der Waals surface area contributed by atoms with E-state index in [-0.39, 0.29) is 0 Å². The van der Waals surface area contributed by atoms with Gasteiger partial charge in [-0.05, 0) is 37.1 Å². The molecular weight excluding hydrogens is 360 g/mol. The van der Waals surface area contributed by atoms with Crippen LogP contribution >= 0.6 is 0 Å². The quantitative estimate of drug-likeness (QED) is 0.591. The van der Waals surface area contributed by atoms with Crippen molar-refractivity contribution in [2.24, 2.45) is 0 Å². The highest BCUT2D eigenvalue weighted by Gasteiger charge is 2.41. The van der Waals surface area contributed by atoms with E-state index in [2.05, 4.69) is 0 Å². The van der Waals surface area contributed by atoms with Crippen LogP contribution < -0.4 is 0 Å². The average Bonchev–Trinajstić information content (AvgIpc) is 2.99. The van der Waals surface area contributed by atoms with Gasteiger partial charge in [-0.25, -0.2) is 9.69 Å². The molecule has 2 aromatic rings. The Balaban J connectivity index is 1.99. The number of nitrogens with zero attached hydrogens (tertiary/aromatic N) is 2. The number of carbonyl (C=O) groups excluding carboxylic acids is 2. The average molecular weight is 382 g/mol. The van der Waals surface area contributed by atoms with Crippen LogP contribution in [0.2, 0.25) is 0 Å². The molecule has 0 saturated heterocycles. The molecule has 0 aromatic heterocycles. The lowest BCUT2D eigenvalue weighted by Crippen LogP contribution is -2.46. The Morgan fingerprint density at radius 3 is 2.54 bits per heavy atom. The largest absolute Gasteiger partial charge is 0.443 e. The fourth-order valence-corrected chi connectivity index (χ4v) is 3.34. The first-order valence-electron chi connectivity index (χ1n) is 9.00. The summed E-state index contributed by atoms with van der Waals surface area (Å²) >= 11 is 0. The van der Waals surface area contributed by atoms with Crippen LogP contribution in [0.25, 0.3) is 10.8 Å². The molecule has 0 aliphatic carbocycles. The van der Waals surface area contributed by atoms with Crippen molar-refractivity contribution in [1.82, 2.24) is 4.90 Å². The molecule has 0 saturated carbocycles. The molecule has 7 heteroatoms. The van der Waals surface area contributed by atoms with Crippen molar-refractivity contribution in [3.8, 4) is 0 Å². The third kappa shape index (κ3) is 4.19. The number of benzene rings is 2. The van der Waals surface area contributed by atoms with Gasteiger partial charge in [-0.1, -0.05) is 48.5 Å². The molecule has 28 heavy (non-hydrogen) atoms. The third-order valence-electron chi connectivity index (χ3n) is 4.52. The summed E-state index contributed by atoms with van der Waals surface area (Å²) in [4.78, 5) is 36.8. The predicted molar refractivity (Wildman–Crippen MR) is 105 cm³/mol. The van der Waals surface area contributed by atoms with E-state index in [4.69, 9.17) is 4.74 Å². The van der Waals surface area contributed by atoms with Crippen molar-refractivity contribution < 1.29 is 19.2 Å². The third-order valence-corrected chi connectivity index (χ3v) is 4.52. The molecule has 7 nitrogen and oxygen atoms in total. The summed E-state index contributed by atoms with van der Waals surface area (Å²) in [5.74, 6) is -1.22. The van der Waals surface area contributed by atoms with Crippen molar-refractivity contribution in [1.29, 1.82) is 0 Å². The van der Waals surface area contributed by atoms with E-state index in [0.717, 1.165) is 15.7 Å². The maximum absolute atomic E-state index is 12.6. The SMILES string of the molecule is CC(C)(C)OC(=O)N1C(=O)C=C[C@@H]1[C@@H](C[N+](=O)[O-])c1ccc2ccccc2c1. The minimum atomic E-state index is -0.804. The topological polar surface area (TPSA) is 89.8 Å². The molecule has 1 aliphatic rings. The number of ether oxygens (including phenoxy) is 1. The Morgan fingerprint density at radius 2 is 1.89 bits per heavy atom. The molecule has 1 heterocycles. The highest BCUT2D eigenvalue weighted by molar-refractivity contribution is 6.01. The van der Waals surface area contributed by atoms with Crippen LogP contribution in [-0.2, 0) is 9.53 Å². The van der Waals surface area contributed by atoms with E-state index in [9.17, 15) is 19.7 Å². The van der Waals surface area contributed by atoms with Gasteiger partial charge in [0.1, 0.15) is 5.60 Å². The van der Waals surface area contributed by atoms with Crippen LogP contribution in [-0.4, -0.2) is 40.0 Å². The van der Waals surface area contributed by atoms with Gasteiger partial charge in [0.05, 0.1) is 12.0 Å². The molecule has 2 aromatic carbocycles. The van der Waals surface area contributed by atoms with Crippen LogP contribution in [0.1, 0.15) is 32.3 Å². The number of amides is 2. The molecule has 1 aliphatic heterocycles. The van der Waals surface area contributed by atoms with E-state index in [0.29, 0.717) is 5.56 Å². The van der Waals surface area contributed by atoms with E-state index in [1.165, 1.54) is 12.2 Å². The highest BCUT2D eigenvalue weighted by atomic mass is 16.6. The minimum Gasteiger partial charge on any atom is -0.443 e. The summed E-state index contributed by atoms with van der Waals surface area (Å²) in [5.41, 5.74) is -0.0974. The number of hydrogen-bond acceptors (Lipinski definition) is 5. The van der Waals surface area contributed by atoms with Crippen LogP contribution in [0.15, 0.2) is 54.6 Å². The molecule has 146 valence electrons. The van der Waals surface area contributed by atoms with Crippen molar-refractivity contribution in [2.75, 3.05) is 6.54 Å². The second-order valence-corrected chi connectivity index (χ2v) is 7.77. The van der Waals surface area contributed by atoms with Crippen molar-refractivity contribution in [3.05, 3.63) is 70.3 Å². The summed E-state index contributed by atoms with van der Waals surface area (Å²) in [5, 5.41) is 13.3. The highest BCUT2D eigenvalue weighted by Crippen LogP contribution is 2.31. The Labute approximate surface area is 162 Å². The van der Waals surface area contributed by atoms with Gasteiger partial charge in [-0.2, -0.15) is 0 Å². The number of carbonyl (C=O) groups is 2. The molecule has 0 bridgehead atoms. The number of imide groups is 1. The summed E-state index contributed by atoms with van der Waals surface area (Å²) < 4.78 is 5.34. The van der Waals surface area contributed by atoms with Crippen LogP contribution in [0, 0.1) is 10.1 Å². The fraction of sp³-hybridized carbons (Fsp3) is 0.333. The second kappa shape index (κ2) is 7.42. The van der Waals surface area contributed by atoms with Gasteiger partial charge in [-0.3, -0.25) is 14.9 Å². The van der Waals surface area contributed by atoms with Crippen LogP contribution in [0.4, 0.5) is 4.79 Å². The maximum atomic E-state index is 12.6. The van der Waals surface area contributed by atoms with E-state index < -0.39 is 41.0 Å². The summed E-state index contributed by atoms with van der Waals surface area (Å²) in [7, 11) is 0. The number of rotatable bonds is 4. The molecule has 0 unspecified atom stereocenters. The number of nitro groups is 1. The Hall–Kier alpha value is -3.22. The van der Waals surface area contributed by atoms with E-state index in [1.54, 1.807) is 26.8 Å². The molecule has 0 spiro atoms. The number of fused-ring (bicyclic) bond motifs is 1. The normalized spacial score (nSPS) is 17.8. The molecule has 0 radical (unpaired) electrons. The maximum Gasteiger partial charge on any atom is 0.417 e. The summed E-state index contributed by atoms with van der Waals surface area (Å²) in [6.07, 6.45) is 2.00. The first-order chi connectivity index (χ1) is 13.2.